The molecule has 3 heterocycles. The topological polar surface area (TPSA) is 124 Å². The highest BCUT2D eigenvalue weighted by Crippen LogP contribution is 2.54. The molecule has 38 heavy (non-hydrogen) atoms. The van der Waals surface area contributed by atoms with E-state index in [1.165, 1.54) is 12.8 Å². The molecule has 0 bridgehead atoms. The minimum atomic E-state index is -3.69. The molecule has 2 aromatic rings. The van der Waals surface area contributed by atoms with E-state index >= 15 is 0 Å². The van der Waals surface area contributed by atoms with Crippen LogP contribution in [-0.4, -0.2) is 82.4 Å². The second kappa shape index (κ2) is 11.3. The number of carbonyl (C=O) groups is 1. The average molecular weight is 562 g/mol. The fraction of sp³-hybridized carbons (Fsp3) is 0.538. The molecule has 12 heteroatoms. The van der Waals surface area contributed by atoms with E-state index in [2.05, 4.69) is 19.8 Å². The number of rotatable bonds is 9. The van der Waals surface area contributed by atoms with Crippen molar-refractivity contribution in [3.05, 3.63) is 35.9 Å². The molecular formula is C26H35N5O5S2. The van der Waals surface area contributed by atoms with Gasteiger partial charge in [-0.3, -0.25) is 9.52 Å². The molecular weight excluding hydrogens is 526 g/mol. The summed E-state index contributed by atoms with van der Waals surface area (Å²) < 4.78 is 32.5. The summed E-state index contributed by atoms with van der Waals surface area (Å²) in [5.74, 6) is 0.607. The van der Waals surface area contributed by atoms with Crippen LogP contribution in [0.4, 0.5) is 23.0 Å². The van der Waals surface area contributed by atoms with Crippen LogP contribution < -0.4 is 19.8 Å². The number of hydrogen-bond acceptors (Lipinski definition) is 9. The maximum absolute atomic E-state index is 13.6. The highest BCUT2D eigenvalue weighted by Gasteiger charge is 2.44. The summed E-state index contributed by atoms with van der Waals surface area (Å²) in [5.41, 5.74) is 1.98. The van der Waals surface area contributed by atoms with Crippen molar-refractivity contribution < 1.29 is 23.1 Å². The van der Waals surface area contributed by atoms with Gasteiger partial charge < -0.3 is 25.0 Å². The van der Waals surface area contributed by atoms with Crippen molar-refractivity contribution in [1.82, 2.24) is 4.98 Å². The molecule has 3 fully saturated rings. The van der Waals surface area contributed by atoms with Gasteiger partial charge in [-0.15, -0.1) is 11.8 Å². The Hall–Kier alpha value is -2.54. The molecule has 3 aliphatic rings. The lowest BCUT2D eigenvalue weighted by Gasteiger charge is -2.35. The molecule has 1 aromatic heterocycles. The Morgan fingerprint density at radius 3 is 2.47 bits per heavy atom. The lowest BCUT2D eigenvalue weighted by atomic mass is 9.93. The number of nitrogens with one attached hydrogen (secondary N) is 2. The maximum atomic E-state index is 13.6. The number of piperidine rings is 1. The smallest absolute Gasteiger partial charge is 0.258 e. The first kappa shape index (κ1) is 27.0. The third-order valence-electron chi connectivity index (χ3n) is 7.61. The Bertz CT molecular complexity index is 1270. The number of aliphatic hydroxyl groups is 1. The van der Waals surface area contributed by atoms with Crippen molar-refractivity contribution in [2.75, 3.05) is 77.8 Å². The SMILES string of the molecule is CSc1ccc(NC(=O)c2ccc(NS(=O)(=O)CCO)cc2N2CCC3(CC2)CC3)nc1N1CCOCC1. The maximum Gasteiger partial charge on any atom is 0.258 e. The fourth-order valence-electron chi connectivity index (χ4n) is 5.15. The zero-order chi connectivity index (χ0) is 26.8. The average Bonchev–Trinajstić information content (AvgIpc) is 3.67. The molecule has 2 saturated heterocycles. The highest BCUT2D eigenvalue weighted by atomic mass is 32.2. The van der Waals surface area contributed by atoms with Gasteiger partial charge in [-0.05, 0) is 67.7 Å². The molecule has 0 unspecified atom stereocenters. The summed E-state index contributed by atoms with van der Waals surface area (Å²) >= 11 is 1.61. The molecule has 1 spiro atoms. The van der Waals surface area contributed by atoms with Gasteiger partial charge in [0.25, 0.3) is 5.91 Å². The van der Waals surface area contributed by atoms with Crippen molar-refractivity contribution in [2.24, 2.45) is 5.41 Å². The Morgan fingerprint density at radius 1 is 1.08 bits per heavy atom. The third-order valence-corrected chi connectivity index (χ3v) is 9.63. The zero-order valence-electron chi connectivity index (χ0n) is 21.6. The third kappa shape index (κ3) is 6.19. The first-order valence-electron chi connectivity index (χ1n) is 13.0. The van der Waals surface area contributed by atoms with Gasteiger partial charge in [0.1, 0.15) is 11.6 Å². The van der Waals surface area contributed by atoms with E-state index < -0.39 is 16.6 Å². The van der Waals surface area contributed by atoms with E-state index in [1.54, 1.807) is 30.0 Å². The predicted molar refractivity (Wildman–Crippen MR) is 151 cm³/mol. The molecule has 2 aliphatic heterocycles. The number of aromatic nitrogens is 1. The van der Waals surface area contributed by atoms with Gasteiger partial charge in [0, 0.05) is 31.1 Å². The van der Waals surface area contributed by atoms with Crippen molar-refractivity contribution in [2.45, 2.75) is 30.6 Å². The summed E-state index contributed by atoms with van der Waals surface area (Å²) in [6, 6.07) is 8.74. The predicted octanol–water partition coefficient (Wildman–Crippen LogP) is 3.01. The number of amides is 1. The molecule has 10 nitrogen and oxygen atoms in total. The monoisotopic (exact) mass is 561 g/mol. The first-order chi connectivity index (χ1) is 18.3. The van der Waals surface area contributed by atoms with Crippen LogP contribution in [0.25, 0.3) is 0 Å². The van der Waals surface area contributed by atoms with Gasteiger partial charge >= 0.3 is 0 Å². The molecule has 0 radical (unpaired) electrons. The second-order valence-electron chi connectivity index (χ2n) is 10.1. The zero-order valence-corrected chi connectivity index (χ0v) is 23.2. The van der Waals surface area contributed by atoms with Crippen molar-refractivity contribution in [3.8, 4) is 0 Å². The molecule has 206 valence electrons. The van der Waals surface area contributed by atoms with E-state index in [-0.39, 0.29) is 11.7 Å². The van der Waals surface area contributed by atoms with E-state index in [1.807, 2.05) is 18.4 Å². The standard InChI is InChI=1S/C26H35N5O5S2/c1-37-22-4-5-23(27-24(22)31-12-15-36-16-13-31)28-25(33)20-3-2-19(29-38(34,35)17-14-32)18-21(20)30-10-8-26(6-7-26)9-11-30/h2-5,18,29,32H,6-17H2,1H3,(H,27,28,33). The minimum Gasteiger partial charge on any atom is -0.395 e. The number of aliphatic hydroxyl groups excluding tert-OH is 1. The van der Waals surface area contributed by atoms with E-state index in [0.717, 1.165) is 49.7 Å². The molecule has 5 rings (SSSR count). The number of benzene rings is 1. The summed E-state index contributed by atoms with van der Waals surface area (Å²) in [6.07, 6.45) is 6.66. The van der Waals surface area contributed by atoms with Gasteiger partial charge in [0.15, 0.2) is 0 Å². The summed E-state index contributed by atoms with van der Waals surface area (Å²) in [6.45, 7) is 3.93. The quantitative estimate of drug-likeness (QED) is 0.396. The van der Waals surface area contributed by atoms with Crippen LogP contribution in [0.2, 0.25) is 0 Å². The first-order valence-corrected chi connectivity index (χ1v) is 15.9. The van der Waals surface area contributed by atoms with Gasteiger partial charge in [-0.1, -0.05) is 0 Å². The molecule has 1 aliphatic carbocycles. The largest absolute Gasteiger partial charge is 0.395 e. The summed E-state index contributed by atoms with van der Waals surface area (Å²) in [5, 5.41) is 12.1. The fourth-order valence-corrected chi connectivity index (χ4v) is 6.54. The van der Waals surface area contributed by atoms with Crippen LogP contribution in [-0.2, 0) is 14.8 Å². The van der Waals surface area contributed by atoms with E-state index in [9.17, 15) is 13.2 Å². The van der Waals surface area contributed by atoms with Crippen LogP contribution in [0.15, 0.2) is 35.2 Å². The number of anilines is 4. The normalized spacial score (nSPS) is 18.9. The highest BCUT2D eigenvalue weighted by molar-refractivity contribution is 7.98. The van der Waals surface area contributed by atoms with Gasteiger partial charge in [-0.25, -0.2) is 13.4 Å². The summed E-state index contributed by atoms with van der Waals surface area (Å²) in [7, 11) is -3.69. The van der Waals surface area contributed by atoms with Gasteiger partial charge in [-0.2, -0.15) is 0 Å². The number of hydrogen-bond donors (Lipinski definition) is 3. The number of thioether (sulfide) groups is 1. The Morgan fingerprint density at radius 2 is 1.82 bits per heavy atom. The Balaban J connectivity index is 1.41. The van der Waals surface area contributed by atoms with Gasteiger partial charge in [0.05, 0.1) is 42.5 Å². The number of pyridine rings is 1. The Kier molecular flexibility index (Phi) is 8.03. The van der Waals surface area contributed by atoms with Crippen LogP contribution in [0.1, 0.15) is 36.0 Å². The minimum absolute atomic E-state index is 0.297. The van der Waals surface area contributed by atoms with Crippen LogP contribution in [0.5, 0.6) is 0 Å². The van der Waals surface area contributed by atoms with Crippen molar-refractivity contribution in [1.29, 1.82) is 0 Å². The molecule has 1 aromatic carbocycles. The molecule has 0 atom stereocenters. The number of morpholine rings is 1. The molecule has 1 amide bonds. The lowest BCUT2D eigenvalue weighted by molar-refractivity contribution is 0.102. The van der Waals surface area contributed by atoms with E-state index in [0.29, 0.717) is 41.4 Å². The number of sulfonamides is 1. The summed E-state index contributed by atoms with van der Waals surface area (Å²) in [4.78, 5) is 23.7. The Labute approximate surface area is 228 Å². The number of carbonyl (C=O) groups excluding carboxylic acids is 1. The van der Waals surface area contributed by atoms with Crippen LogP contribution >= 0.6 is 11.8 Å². The number of ether oxygens (including phenoxy) is 1. The molecule has 1 saturated carbocycles. The second-order valence-corrected chi connectivity index (χ2v) is 12.8. The number of nitrogens with zero attached hydrogens (tertiary/aromatic N) is 3. The van der Waals surface area contributed by atoms with E-state index in [4.69, 9.17) is 14.8 Å². The van der Waals surface area contributed by atoms with Gasteiger partial charge in [0.2, 0.25) is 10.0 Å². The van der Waals surface area contributed by atoms with Crippen LogP contribution in [0, 0.1) is 5.41 Å². The van der Waals surface area contributed by atoms with Crippen molar-refractivity contribution >= 4 is 50.7 Å². The van der Waals surface area contributed by atoms with Crippen LogP contribution in [0.3, 0.4) is 0 Å². The molecule has 3 N–H and O–H groups in total. The van der Waals surface area contributed by atoms with Crippen molar-refractivity contribution in [3.63, 3.8) is 0 Å². The lowest BCUT2D eigenvalue weighted by Crippen LogP contribution is -2.37.